The lowest BCUT2D eigenvalue weighted by Crippen LogP contribution is -2.22. The molecule has 1 aromatic rings. The van der Waals surface area contributed by atoms with E-state index in [2.05, 4.69) is 9.72 Å². The number of esters is 1. The lowest BCUT2D eigenvalue weighted by atomic mass is 10.1. The molecule has 0 bridgehead atoms. The quantitative estimate of drug-likeness (QED) is 0.605. The highest BCUT2D eigenvalue weighted by molar-refractivity contribution is 5.88. The van der Waals surface area contributed by atoms with E-state index >= 15 is 0 Å². The molecule has 0 saturated heterocycles. The Balaban J connectivity index is 2.76. The molecule has 0 amide bonds. The van der Waals surface area contributed by atoms with Crippen molar-refractivity contribution in [3.63, 3.8) is 0 Å². The van der Waals surface area contributed by atoms with Crippen molar-refractivity contribution in [2.45, 2.75) is 18.6 Å². The minimum atomic E-state index is -1.11. The number of carbonyl (C=O) groups excluding carboxylic acids is 1. The molecule has 0 radical (unpaired) electrons. The summed E-state index contributed by atoms with van der Waals surface area (Å²) in [6.45, 7) is 0.276. The molecule has 2 atom stereocenters. The van der Waals surface area contributed by atoms with Gasteiger partial charge in [0.1, 0.15) is 6.10 Å². The molecule has 6 nitrogen and oxygen atoms in total. The van der Waals surface area contributed by atoms with Gasteiger partial charge in [-0.2, -0.15) is 0 Å². The maximum Gasteiger partial charge on any atom is 0.339 e. The van der Waals surface area contributed by atoms with Gasteiger partial charge in [0.05, 0.1) is 24.5 Å². The van der Waals surface area contributed by atoms with Crippen LogP contribution in [0.3, 0.4) is 0 Å². The highest BCUT2D eigenvalue weighted by atomic mass is 16.5. The Kier molecular flexibility index (Phi) is 5.02. The Morgan fingerprint density at radius 3 is 2.71 bits per heavy atom. The fourth-order valence-electron chi connectivity index (χ4n) is 1.34. The zero-order valence-electron chi connectivity index (χ0n) is 9.54. The highest BCUT2D eigenvalue weighted by Crippen LogP contribution is 2.16. The molecule has 6 heteroatoms. The molecule has 1 heterocycles. The number of aliphatic hydroxyl groups is 2. The van der Waals surface area contributed by atoms with Gasteiger partial charge in [-0.3, -0.25) is 4.98 Å². The molecule has 1 rings (SSSR count). The summed E-state index contributed by atoms with van der Waals surface area (Å²) in [5.41, 5.74) is 5.85. The van der Waals surface area contributed by atoms with E-state index in [0.717, 1.165) is 0 Å². The van der Waals surface area contributed by atoms with Crippen LogP contribution in [0, 0.1) is 0 Å². The van der Waals surface area contributed by atoms with Crippen molar-refractivity contribution < 1.29 is 19.7 Å². The minimum Gasteiger partial charge on any atom is -0.465 e. The maximum atomic E-state index is 11.1. The summed E-state index contributed by atoms with van der Waals surface area (Å²) in [5, 5.41) is 19.3. The van der Waals surface area contributed by atoms with Crippen molar-refractivity contribution in [1.29, 1.82) is 0 Å². The third-order valence-electron chi connectivity index (χ3n) is 2.34. The van der Waals surface area contributed by atoms with Crippen LogP contribution in [0.2, 0.25) is 0 Å². The largest absolute Gasteiger partial charge is 0.465 e. The van der Waals surface area contributed by atoms with Gasteiger partial charge < -0.3 is 20.7 Å². The van der Waals surface area contributed by atoms with Gasteiger partial charge in [0, 0.05) is 6.20 Å². The van der Waals surface area contributed by atoms with Crippen molar-refractivity contribution in [1.82, 2.24) is 4.98 Å². The van der Waals surface area contributed by atoms with Crippen LogP contribution < -0.4 is 5.73 Å². The number of ether oxygens (including phenoxy) is 1. The van der Waals surface area contributed by atoms with Gasteiger partial charge in [-0.1, -0.05) is 0 Å². The molecule has 0 fully saturated rings. The Bertz CT molecular complexity index is 366. The number of aliphatic hydroxyl groups excluding tert-OH is 2. The first-order valence-electron chi connectivity index (χ1n) is 5.20. The fraction of sp³-hybridized carbons (Fsp3) is 0.455. The van der Waals surface area contributed by atoms with Crippen molar-refractivity contribution in [3.8, 4) is 0 Å². The third-order valence-corrected chi connectivity index (χ3v) is 2.34. The fourth-order valence-corrected chi connectivity index (χ4v) is 1.34. The van der Waals surface area contributed by atoms with E-state index in [1.807, 2.05) is 0 Å². The van der Waals surface area contributed by atoms with Gasteiger partial charge in [0.25, 0.3) is 0 Å². The molecule has 1 aromatic heterocycles. The van der Waals surface area contributed by atoms with Crippen molar-refractivity contribution in [2.75, 3.05) is 13.7 Å². The molecule has 4 N–H and O–H groups in total. The van der Waals surface area contributed by atoms with Crippen LogP contribution in [0.25, 0.3) is 0 Å². The number of methoxy groups -OCH3 is 1. The van der Waals surface area contributed by atoms with Crippen LogP contribution in [-0.4, -0.2) is 40.9 Å². The SMILES string of the molecule is COC(=O)c1ccc(C(O)C(O)CCN)nc1. The molecule has 0 aromatic carbocycles. The number of nitrogens with zero attached hydrogens (tertiary/aromatic N) is 1. The second-order valence-electron chi connectivity index (χ2n) is 3.55. The van der Waals surface area contributed by atoms with E-state index in [1.54, 1.807) is 0 Å². The summed E-state index contributed by atoms with van der Waals surface area (Å²) in [5.74, 6) is -0.499. The van der Waals surface area contributed by atoms with Crippen molar-refractivity contribution in [2.24, 2.45) is 5.73 Å². The number of hydrogen-bond donors (Lipinski definition) is 3. The number of nitrogens with two attached hydrogens (primary N) is 1. The molecule has 17 heavy (non-hydrogen) atoms. The van der Waals surface area contributed by atoms with Gasteiger partial charge in [-0.05, 0) is 25.1 Å². The van der Waals surface area contributed by atoms with Crippen LogP contribution in [0.1, 0.15) is 28.6 Å². The summed E-state index contributed by atoms with van der Waals surface area (Å²) in [7, 11) is 1.27. The van der Waals surface area contributed by atoms with Crippen LogP contribution in [0.15, 0.2) is 18.3 Å². The number of carbonyl (C=O) groups is 1. The van der Waals surface area contributed by atoms with E-state index in [0.29, 0.717) is 5.69 Å². The van der Waals surface area contributed by atoms with E-state index in [4.69, 9.17) is 5.73 Å². The standard InChI is InChI=1S/C11H16N2O4/c1-17-11(16)7-2-3-8(13-6-7)10(15)9(14)4-5-12/h2-3,6,9-10,14-15H,4-5,12H2,1H3. The molecule has 0 saturated carbocycles. The topological polar surface area (TPSA) is 106 Å². The average molecular weight is 240 g/mol. The first kappa shape index (κ1) is 13.6. The zero-order valence-corrected chi connectivity index (χ0v) is 9.54. The van der Waals surface area contributed by atoms with Crippen LogP contribution in [0.4, 0.5) is 0 Å². The summed E-state index contributed by atoms with van der Waals surface area (Å²) < 4.78 is 4.52. The van der Waals surface area contributed by atoms with E-state index in [9.17, 15) is 15.0 Å². The van der Waals surface area contributed by atoms with Gasteiger partial charge in [0.15, 0.2) is 0 Å². The molecule has 0 aliphatic heterocycles. The number of aromatic nitrogens is 1. The summed E-state index contributed by atoms with van der Waals surface area (Å²) in [6.07, 6.45) is -0.497. The molecular weight excluding hydrogens is 224 g/mol. The number of hydrogen-bond acceptors (Lipinski definition) is 6. The second kappa shape index (κ2) is 6.29. The van der Waals surface area contributed by atoms with Crippen LogP contribution in [-0.2, 0) is 4.74 Å². The normalized spacial score (nSPS) is 14.1. The zero-order chi connectivity index (χ0) is 12.8. The van der Waals surface area contributed by atoms with Gasteiger partial charge in [0.2, 0.25) is 0 Å². The van der Waals surface area contributed by atoms with E-state index in [1.165, 1.54) is 25.4 Å². The van der Waals surface area contributed by atoms with Gasteiger partial charge >= 0.3 is 5.97 Å². The monoisotopic (exact) mass is 240 g/mol. The van der Waals surface area contributed by atoms with Gasteiger partial charge in [-0.25, -0.2) is 4.79 Å². The molecule has 0 spiro atoms. The third kappa shape index (κ3) is 3.48. The van der Waals surface area contributed by atoms with Crippen LogP contribution in [0.5, 0.6) is 0 Å². The summed E-state index contributed by atoms with van der Waals surface area (Å²) in [6, 6.07) is 2.95. The molecule has 94 valence electrons. The van der Waals surface area contributed by atoms with Gasteiger partial charge in [-0.15, -0.1) is 0 Å². The summed E-state index contributed by atoms with van der Waals surface area (Å²) in [4.78, 5) is 15.0. The Labute approximate surface area is 99.0 Å². The summed E-state index contributed by atoms with van der Waals surface area (Å²) >= 11 is 0. The first-order chi connectivity index (χ1) is 8.10. The van der Waals surface area contributed by atoms with Crippen LogP contribution >= 0.6 is 0 Å². The van der Waals surface area contributed by atoms with E-state index < -0.39 is 18.2 Å². The Morgan fingerprint density at radius 1 is 1.53 bits per heavy atom. The van der Waals surface area contributed by atoms with E-state index in [-0.39, 0.29) is 18.5 Å². The predicted octanol–water partition coefficient (Wildman–Crippen LogP) is -0.389. The molecule has 0 aliphatic carbocycles. The lowest BCUT2D eigenvalue weighted by Gasteiger charge is -2.16. The highest BCUT2D eigenvalue weighted by Gasteiger charge is 2.19. The number of pyridine rings is 1. The molecular formula is C11H16N2O4. The average Bonchev–Trinajstić information content (AvgIpc) is 2.37. The first-order valence-corrected chi connectivity index (χ1v) is 5.20. The Hall–Kier alpha value is -1.50. The predicted molar refractivity (Wildman–Crippen MR) is 60.2 cm³/mol. The molecule has 0 aliphatic rings. The maximum absolute atomic E-state index is 11.1. The number of rotatable bonds is 5. The smallest absolute Gasteiger partial charge is 0.339 e. The Morgan fingerprint density at radius 2 is 2.24 bits per heavy atom. The minimum absolute atomic E-state index is 0.276. The van der Waals surface area contributed by atoms with Crippen molar-refractivity contribution in [3.05, 3.63) is 29.6 Å². The lowest BCUT2D eigenvalue weighted by molar-refractivity contribution is 0.0125. The second-order valence-corrected chi connectivity index (χ2v) is 3.55. The van der Waals surface area contributed by atoms with Crippen molar-refractivity contribution >= 4 is 5.97 Å². The molecule has 2 unspecified atom stereocenters.